The molecule has 0 spiro atoms. The van der Waals surface area contributed by atoms with Crippen LogP contribution in [0.3, 0.4) is 0 Å². The lowest BCUT2D eigenvalue weighted by atomic mass is 10.3. The van der Waals surface area contributed by atoms with E-state index >= 15 is 0 Å². The normalized spacial score (nSPS) is 12.7. The molecule has 0 amide bonds. The standard InChI is InChI=1S/C11H13N7S/c1-6-5-9(18-8(14-6)3-4-13-18)15-7(2)10-16-17-11(12)19-10/h3-5,7,15H,1-2H3,(H2,12,17)/t7-/m1/s1. The highest BCUT2D eigenvalue weighted by atomic mass is 32.1. The minimum Gasteiger partial charge on any atom is -0.374 e. The number of hydrogen-bond donors (Lipinski definition) is 2. The molecule has 3 aromatic heterocycles. The predicted octanol–water partition coefficient (Wildman–Crippen LogP) is 1.64. The molecular weight excluding hydrogens is 262 g/mol. The van der Waals surface area contributed by atoms with Gasteiger partial charge in [0, 0.05) is 17.8 Å². The summed E-state index contributed by atoms with van der Waals surface area (Å²) in [5.41, 5.74) is 7.34. The highest BCUT2D eigenvalue weighted by molar-refractivity contribution is 7.15. The summed E-state index contributed by atoms with van der Waals surface area (Å²) >= 11 is 1.37. The predicted molar refractivity (Wildman–Crippen MR) is 74.1 cm³/mol. The number of nitrogen functional groups attached to an aromatic ring is 1. The molecule has 7 nitrogen and oxygen atoms in total. The molecule has 0 aliphatic heterocycles. The van der Waals surface area contributed by atoms with Crippen LogP contribution < -0.4 is 11.1 Å². The zero-order valence-electron chi connectivity index (χ0n) is 10.5. The third kappa shape index (κ3) is 2.22. The van der Waals surface area contributed by atoms with E-state index < -0.39 is 0 Å². The third-order valence-electron chi connectivity index (χ3n) is 2.68. The minimum atomic E-state index is 0.00370. The molecule has 1 atom stereocenters. The molecule has 3 rings (SSSR count). The second kappa shape index (κ2) is 4.47. The fourth-order valence-corrected chi connectivity index (χ4v) is 2.46. The number of nitrogens with one attached hydrogen (secondary N) is 1. The first-order chi connectivity index (χ1) is 9.13. The van der Waals surface area contributed by atoms with E-state index in [4.69, 9.17) is 5.73 Å². The van der Waals surface area contributed by atoms with Crippen LogP contribution in [0.1, 0.15) is 23.7 Å². The van der Waals surface area contributed by atoms with E-state index in [1.54, 1.807) is 10.7 Å². The Bertz CT molecular complexity index is 717. The summed E-state index contributed by atoms with van der Waals surface area (Å²) < 4.78 is 1.76. The van der Waals surface area contributed by atoms with Gasteiger partial charge in [-0.3, -0.25) is 0 Å². The largest absolute Gasteiger partial charge is 0.374 e. The first kappa shape index (κ1) is 11.8. The molecule has 0 saturated carbocycles. The monoisotopic (exact) mass is 275 g/mol. The Hall–Kier alpha value is -2.22. The van der Waals surface area contributed by atoms with Crippen LogP contribution in [0.2, 0.25) is 0 Å². The molecule has 0 aromatic carbocycles. The summed E-state index contributed by atoms with van der Waals surface area (Å²) in [6.45, 7) is 3.96. The molecule has 0 saturated heterocycles. The van der Waals surface area contributed by atoms with E-state index in [1.807, 2.05) is 26.0 Å². The van der Waals surface area contributed by atoms with E-state index in [9.17, 15) is 0 Å². The number of nitrogens with zero attached hydrogens (tertiary/aromatic N) is 5. The Balaban J connectivity index is 1.94. The summed E-state index contributed by atoms with van der Waals surface area (Å²) in [7, 11) is 0. The number of fused-ring (bicyclic) bond motifs is 1. The van der Waals surface area contributed by atoms with Gasteiger partial charge in [0.1, 0.15) is 10.8 Å². The van der Waals surface area contributed by atoms with E-state index in [-0.39, 0.29) is 6.04 Å². The fraction of sp³-hybridized carbons (Fsp3) is 0.273. The highest BCUT2D eigenvalue weighted by Gasteiger charge is 2.13. The quantitative estimate of drug-likeness (QED) is 0.754. The molecule has 0 bridgehead atoms. The van der Waals surface area contributed by atoms with Crippen LogP contribution in [-0.4, -0.2) is 24.8 Å². The zero-order valence-corrected chi connectivity index (χ0v) is 11.3. The average molecular weight is 275 g/mol. The first-order valence-electron chi connectivity index (χ1n) is 5.80. The second-order valence-corrected chi connectivity index (χ2v) is 5.27. The Morgan fingerprint density at radius 1 is 1.42 bits per heavy atom. The van der Waals surface area contributed by atoms with Crippen molar-refractivity contribution < 1.29 is 0 Å². The number of nitrogens with two attached hydrogens (primary N) is 1. The lowest BCUT2D eigenvalue weighted by Crippen LogP contribution is -2.11. The molecule has 0 radical (unpaired) electrons. The smallest absolute Gasteiger partial charge is 0.203 e. The van der Waals surface area contributed by atoms with Gasteiger partial charge in [0.25, 0.3) is 0 Å². The van der Waals surface area contributed by atoms with Crippen LogP contribution in [0, 0.1) is 6.92 Å². The van der Waals surface area contributed by atoms with Crippen molar-refractivity contribution in [2.24, 2.45) is 0 Å². The molecule has 3 heterocycles. The van der Waals surface area contributed by atoms with E-state index in [0.717, 1.165) is 22.2 Å². The molecule has 8 heteroatoms. The maximum absolute atomic E-state index is 5.60. The van der Waals surface area contributed by atoms with E-state index in [0.29, 0.717) is 5.13 Å². The summed E-state index contributed by atoms with van der Waals surface area (Å²) in [6, 6.07) is 3.82. The Morgan fingerprint density at radius 3 is 3.00 bits per heavy atom. The van der Waals surface area contributed by atoms with Gasteiger partial charge in [-0.15, -0.1) is 10.2 Å². The molecule has 98 valence electrons. The van der Waals surface area contributed by atoms with Crippen molar-refractivity contribution in [2.75, 3.05) is 11.1 Å². The van der Waals surface area contributed by atoms with Crippen molar-refractivity contribution in [3.8, 4) is 0 Å². The van der Waals surface area contributed by atoms with Crippen molar-refractivity contribution in [3.63, 3.8) is 0 Å². The summed E-state index contributed by atoms with van der Waals surface area (Å²) in [6.07, 6.45) is 1.72. The Labute approximate surface area is 113 Å². The molecule has 3 aromatic rings. The van der Waals surface area contributed by atoms with Gasteiger partial charge in [-0.05, 0) is 13.8 Å². The first-order valence-corrected chi connectivity index (χ1v) is 6.62. The topological polar surface area (TPSA) is 94.0 Å². The van der Waals surface area contributed by atoms with Crippen LogP contribution >= 0.6 is 11.3 Å². The van der Waals surface area contributed by atoms with Gasteiger partial charge in [-0.2, -0.15) is 9.61 Å². The van der Waals surface area contributed by atoms with Crippen molar-refractivity contribution >= 4 is 27.9 Å². The molecule has 0 unspecified atom stereocenters. The lowest BCUT2D eigenvalue weighted by molar-refractivity contribution is 0.812. The minimum absolute atomic E-state index is 0.00370. The fourth-order valence-electron chi connectivity index (χ4n) is 1.85. The van der Waals surface area contributed by atoms with E-state index in [2.05, 4.69) is 25.6 Å². The number of hydrogen-bond acceptors (Lipinski definition) is 7. The molecule has 0 aliphatic carbocycles. The van der Waals surface area contributed by atoms with Crippen LogP contribution in [0.5, 0.6) is 0 Å². The molecule has 0 aliphatic rings. The molecule has 19 heavy (non-hydrogen) atoms. The van der Waals surface area contributed by atoms with Gasteiger partial charge < -0.3 is 11.1 Å². The third-order valence-corrected chi connectivity index (χ3v) is 3.61. The van der Waals surface area contributed by atoms with Crippen LogP contribution in [-0.2, 0) is 0 Å². The van der Waals surface area contributed by atoms with Crippen molar-refractivity contribution in [1.82, 2.24) is 24.8 Å². The molecule has 3 N–H and O–H groups in total. The molecular formula is C11H13N7S. The number of aryl methyl sites for hydroxylation is 1. The molecule has 0 fully saturated rings. The number of rotatable bonds is 3. The number of aromatic nitrogens is 5. The maximum atomic E-state index is 5.60. The van der Waals surface area contributed by atoms with Crippen molar-refractivity contribution in [1.29, 1.82) is 0 Å². The van der Waals surface area contributed by atoms with Crippen LogP contribution in [0.25, 0.3) is 5.65 Å². The Morgan fingerprint density at radius 2 is 2.26 bits per heavy atom. The average Bonchev–Trinajstić information content (AvgIpc) is 2.97. The van der Waals surface area contributed by atoms with Gasteiger partial charge in [0.2, 0.25) is 5.13 Å². The Kier molecular flexibility index (Phi) is 2.79. The summed E-state index contributed by atoms with van der Waals surface area (Å²) in [5, 5.41) is 16.8. The number of anilines is 2. The van der Waals surface area contributed by atoms with Gasteiger partial charge >= 0.3 is 0 Å². The van der Waals surface area contributed by atoms with Gasteiger partial charge in [0.15, 0.2) is 5.65 Å². The highest BCUT2D eigenvalue weighted by Crippen LogP contribution is 2.23. The maximum Gasteiger partial charge on any atom is 0.203 e. The summed E-state index contributed by atoms with van der Waals surface area (Å²) in [4.78, 5) is 4.40. The SMILES string of the molecule is Cc1cc(N[C@H](C)c2nnc(N)s2)n2nccc2n1. The van der Waals surface area contributed by atoms with Gasteiger partial charge in [0.05, 0.1) is 12.2 Å². The van der Waals surface area contributed by atoms with Crippen LogP contribution in [0.4, 0.5) is 10.9 Å². The summed E-state index contributed by atoms with van der Waals surface area (Å²) in [5.74, 6) is 0.869. The second-order valence-electron chi connectivity index (χ2n) is 4.23. The van der Waals surface area contributed by atoms with Crippen LogP contribution in [0.15, 0.2) is 18.3 Å². The van der Waals surface area contributed by atoms with Gasteiger partial charge in [-0.25, -0.2) is 4.98 Å². The lowest BCUT2D eigenvalue weighted by Gasteiger charge is -2.13. The van der Waals surface area contributed by atoms with E-state index in [1.165, 1.54) is 11.3 Å². The van der Waals surface area contributed by atoms with Crippen molar-refractivity contribution in [3.05, 3.63) is 29.0 Å². The van der Waals surface area contributed by atoms with Gasteiger partial charge in [-0.1, -0.05) is 11.3 Å². The van der Waals surface area contributed by atoms with Crippen molar-refractivity contribution in [2.45, 2.75) is 19.9 Å². The zero-order chi connectivity index (χ0) is 13.4.